The van der Waals surface area contributed by atoms with Crippen LogP contribution in [-0.4, -0.2) is 37.1 Å². The van der Waals surface area contributed by atoms with Crippen LogP contribution in [0.1, 0.15) is 23.9 Å². The van der Waals surface area contributed by atoms with Crippen molar-refractivity contribution in [3.63, 3.8) is 0 Å². The molecule has 5 nitrogen and oxygen atoms in total. The molecular weight excluding hydrogens is 220 g/mol. The predicted octanol–water partition coefficient (Wildman–Crippen LogP) is 1.18. The van der Waals surface area contributed by atoms with Crippen LogP contribution in [0.5, 0.6) is 0 Å². The van der Waals surface area contributed by atoms with Crippen molar-refractivity contribution in [2.75, 3.05) is 19.7 Å². The van der Waals surface area contributed by atoms with Crippen molar-refractivity contribution in [1.29, 1.82) is 0 Å². The van der Waals surface area contributed by atoms with E-state index in [0.29, 0.717) is 13.2 Å². The average Bonchev–Trinajstić information content (AvgIpc) is 2.61. The number of nitrogens with zero attached hydrogens (tertiary/aromatic N) is 1. The number of nitrogens with one attached hydrogen (secondary N) is 1. The summed E-state index contributed by atoms with van der Waals surface area (Å²) in [5, 5.41) is 7.21. The van der Waals surface area contributed by atoms with Crippen molar-refractivity contribution in [1.82, 2.24) is 10.5 Å². The van der Waals surface area contributed by atoms with E-state index in [-0.39, 0.29) is 12.2 Å². The van der Waals surface area contributed by atoms with Crippen molar-refractivity contribution in [2.45, 2.75) is 39.6 Å². The van der Waals surface area contributed by atoms with Gasteiger partial charge in [0.1, 0.15) is 5.76 Å². The highest BCUT2D eigenvalue weighted by Crippen LogP contribution is 2.14. The zero-order valence-corrected chi connectivity index (χ0v) is 10.7. The fourth-order valence-electron chi connectivity index (χ4n) is 1.97. The largest absolute Gasteiger partial charge is 0.374 e. The first-order chi connectivity index (χ1) is 8.16. The van der Waals surface area contributed by atoms with Crippen molar-refractivity contribution in [2.24, 2.45) is 0 Å². The Morgan fingerprint density at radius 2 is 2.24 bits per heavy atom. The molecule has 1 aromatic rings. The first-order valence-corrected chi connectivity index (χ1v) is 6.02. The molecule has 17 heavy (non-hydrogen) atoms. The van der Waals surface area contributed by atoms with Gasteiger partial charge in [-0.2, -0.15) is 0 Å². The summed E-state index contributed by atoms with van der Waals surface area (Å²) in [6, 6.07) is 0. The second-order valence-electron chi connectivity index (χ2n) is 4.54. The van der Waals surface area contributed by atoms with Gasteiger partial charge < -0.3 is 19.3 Å². The second kappa shape index (κ2) is 5.62. The van der Waals surface area contributed by atoms with Crippen molar-refractivity contribution >= 4 is 0 Å². The van der Waals surface area contributed by atoms with Gasteiger partial charge in [0.15, 0.2) is 0 Å². The molecule has 0 spiro atoms. The molecule has 2 unspecified atom stereocenters. The van der Waals surface area contributed by atoms with Gasteiger partial charge in [-0.3, -0.25) is 0 Å². The van der Waals surface area contributed by atoms with Gasteiger partial charge in [0.2, 0.25) is 0 Å². The number of rotatable bonds is 4. The van der Waals surface area contributed by atoms with E-state index in [4.69, 9.17) is 14.0 Å². The molecule has 2 heterocycles. The quantitative estimate of drug-likeness (QED) is 0.856. The Morgan fingerprint density at radius 3 is 2.88 bits per heavy atom. The first kappa shape index (κ1) is 12.5. The Bertz CT molecular complexity index is 345. The molecule has 0 aromatic carbocycles. The van der Waals surface area contributed by atoms with Gasteiger partial charge in [-0.25, -0.2) is 0 Å². The van der Waals surface area contributed by atoms with E-state index in [9.17, 15) is 0 Å². The predicted molar refractivity (Wildman–Crippen MR) is 62.8 cm³/mol. The standard InChI is InChI=1S/C12H20N2O3/c1-8-4-13-5-11(16-8)6-15-7-12-9(2)14-17-10(12)3/h8,11,13H,4-7H2,1-3H3. The maximum Gasteiger partial charge on any atom is 0.139 e. The lowest BCUT2D eigenvalue weighted by molar-refractivity contribution is -0.0717. The SMILES string of the molecule is Cc1noc(C)c1COCC1CNCC(C)O1. The van der Waals surface area contributed by atoms with Gasteiger partial charge >= 0.3 is 0 Å². The highest BCUT2D eigenvalue weighted by atomic mass is 16.5. The van der Waals surface area contributed by atoms with Gasteiger partial charge in [0.25, 0.3) is 0 Å². The summed E-state index contributed by atoms with van der Waals surface area (Å²) in [5.74, 6) is 0.832. The van der Waals surface area contributed by atoms with Crippen LogP contribution >= 0.6 is 0 Å². The molecule has 5 heteroatoms. The second-order valence-corrected chi connectivity index (χ2v) is 4.54. The number of aromatic nitrogens is 1. The van der Waals surface area contributed by atoms with Gasteiger partial charge in [0, 0.05) is 18.7 Å². The molecule has 1 N–H and O–H groups in total. The van der Waals surface area contributed by atoms with Gasteiger partial charge in [-0.15, -0.1) is 0 Å². The molecule has 1 saturated heterocycles. The Kier molecular flexibility index (Phi) is 4.15. The van der Waals surface area contributed by atoms with Gasteiger partial charge in [-0.1, -0.05) is 5.16 Å². The first-order valence-electron chi connectivity index (χ1n) is 6.02. The number of ether oxygens (including phenoxy) is 2. The fourth-order valence-corrected chi connectivity index (χ4v) is 1.97. The third-order valence-electron chi connectivity index (χ3n) is 2.96. The normalized spacial score (nSPS) is 25.1. The summed E-state index contributed by atoms with van der Waals surface area (Å²) in [5.41, 5.74) is 1.94. The Balaban J connectivity index is 1.76. The van der Waals surface area contributed by atoms with E-state index in [1.54, 1.807) is 0 Å². The highest BCUT2D eigenvalue weighted by molar-refractivity contribution is 5.19. The highest BCUT2D eigenvalue weighted by Gasteiger charge is 2.19. The zero-order chi connectivity index (χ0) is 12.3. The molecule has 2 rings (SSSR count). The van der Waals surface area contributed by atoms with E-state index in [0.717, 1.165) is 30.1 Å². The fraction of sp³-hybridized carbons (Fsp3) is 0.750. The average molecular weight is 240 g/mol. The minimum Gasteiger partial charge on any atom is -0.374 e. The summed E-state index contributed by atoms with van der Waals surface area (Å²) < 4.78 is 16.5. The summed E-state index contributed by atoms with van der Waals surface area (Å²) in [7, 11) is 0. The molecule has 1 aromatic heterocycles. The summed E-state index contributed by atoms with van der Waals surface area (Å²) in [6.45, 7) is 8.80. The summed E-state index contributed by atoms with van der Waals surface area (Å²) >= 11 is 0. The lowest BCUT2D eigenvalue weighted by Crippen LogP contribution is -2.45. The van der Waals surface area contributed by atoms with Crippen LogP contribution in [-0.2, 0) is 16.1 Å². The van der Waals surface area contributed by atoms with Crippen LogP contribution in [0.15, 0.2) is 4.52 Å². The maximum atomic E-state index is 5.74. The van der Waals surface area contributed by atoms with Crippen LogP contribution in [0, 0.1) is 13.8 Å². The number of aryl methyl sites for hydroxylation is 2. The van der Waals surface area contributed by atoms with Gasteiger partial charge in [-0.05, 0) is 20.8 Å². The van der Waals surface area contributed by atoms with E-state index < -0.39 is 0 Å². The third kappa shape index (κ3) is 3.28. The molecule has 0 amide bonds. The molecule has 0 radical (unpaired) electrons. The third-order valence-corrected chi connectivity index (χ3v) is 2.96. The monoisotopic (exact) mass is 240 g/mol. The minimum atomic E-state index is 0.138. The van der Waals surface area contributed by atoms with Gasteiger partial charge in [0.05, 0.1) is 31.1 Å². The van der Waals surface area contributed by atoms with Crippen LogP contribution in [0.3, 0.4) is 0 Å². The van der Waals surface area contributed by atoms with Crippen molar-refractivity contribution in [3.05, 3.63) is 17.0 Å². The summed E-state index contributed by atoms with van der Waals surface area (Å²) in [4.78, 5) is 0. The molecule has 1 aliphatic rings. The van der Waals surface area contributed by atoms with Crippen molar-refractivity contribution < 1.29 is 14.0 Å². The summed E-state index contributed by atoms with van der Waals surface area (Å²) in [6.07, 6.45) is 0.399. The van der Waals surface area contributed by atoms with Crippen LogP contribution in [0.4, 0.5) is 0 Å². The molecule has 0 saturated carbocycles. The molecule has 0 bridgehead atoms. The van der Waals surface area contributed by atoms with E-state index in [2.05, 4.69) is 17.4 Å². The van der Waals surface area contributed by atoms with E-state index in [1.807, 2.05) is 13.8 Å². The molecule has 96 valence electrons. The Morgan fingerprint density at radius 1 is 1.41 bits per heavy atom. The topological polar surface area (TPSA) is 56.5 Å². The minimum absolute atomic E-state index is 0.138. The molecule has 0 aliphatic carbocycles. The zero-order valence-electron chi connectivity index (χ0n) is 10.7. The smallest absolute Gasteiger partial charge is 0.139 e. The molecule has 1 aliphatic heterocycles. The lowest BCUT2D eigenvalue weighted by Gasteiger charge is -2.28. The lowest BCUT2D eigenvalue weighted by atomic mass is 10.2. The Hall–Kier alpha value is -0.910. The number of hydrogen-bond donors (Lipinski definition) is 1. The Labute approximate surface area is 101 Å². The molecule has 1 fully saturated rings. The maximum absolute atomic E-state index is 5.74. The molecule has 2 atom stereocenters. The molecular formula is C12H20N2O3. The van der Waals surface area contributed by atoms with Crippen LogP contribution < -0.4 is 5.32 Å². The van der Waals surface area contributed by atoms with Crippen LogP contribution in [0.2, 0.25) is 0 Å². The number of hydrogen-bond acceptors (Lipinski definition) is 5. The number of morpholine rings is 1. The van der Waals surface area contributed by atoms with E-state index in [1.165, 1.54) is 0 Å². The van der Waals surface area contributed by atoms with E-state index >= 15 is 0 Å². The van der Waals surface area contributed by atoms with Crippen LogP contribution in [0.25, 0.3) is 0 Å². The van der Waals surface area contributed by atoms with Crippen molar-refractivity contribution in [3.8, 4) is 0 Å².